The number of allylic oxidation sites excluding steroid dienone is 1. The molecule has 0 amide bonds. The van der Waals surface area contributed by atoms with Crippen LogP contribution in [0, 0.1) is 11.3 Å². The maximum absolute atomic E-state index is 8.76. The molecule has 0 aromatic heterocycles. The first-order chi connectivity index (χ1) is 8.79. The highest BCUT2D eigenvalue weighted by Gasteiger charge is 2.04. The van der Waals surface area contributed by atoms with Crippen molar-refractivity contribution in [2.24, 2.45) is 0 Å². The second kappa shape index (κ2) is 6.47. The normalized spacial score (nSPS) is 14.8. The Hall–Kier alpha value is -1.46. The minimum atomic E-state index is 0.598. The first-order valence-electron chi connectivity index (χ1n) is 6.41. The number of rotatable bonds is 4. The zero-order valence-corrected chi connectivity index (χ0v) is 11.1. The average molecular weight is 261 g/mol. The molecule has 0 heterocycles. The van der Waals surface area contributed by atoms with Gasteiger partial charge in [0, 0.05) is 6.54 Å². The predicted octanol–water partition coefficient (Wildman–Crippen LogP) is 4.51. The van der Waals surface area contributed by atoms with E-state index in [0.29, 0.717) is 10.6 Å². The molecule has 0 unspecified atom stereocenters. The topological polar surface area (TPSA) is 35.8 Å². The van der Waals surface area contributed by atoms with Crippen LogP contribution in [0.15, 0.2) is 29.8 Å². The van der Waals surface area contributed by atoms with Gasteiger partial charge in [-0.3, -0.25) is 0 Å². The van der Waals surface area contributed by atoms with Crippen molar-refractivity contribution >= 4 is 17.3 Å². The van der Waals surface area contributed by atoms with Gasteiger partial charge in [0.2, 0.25) is 0 Å². The Bertz CT molecular complexity index is 486. The van der Waals surface area contributed by atoms with Crippen LogP contribution in [-0.2, 0) is 0 Å². The van der Waals surface area contributed by atoms with E-state index in [4.69, 9.17) is 16.9 Å². The lowest BCUT2D eigenvalue weighted by molar-refractivity contribution is 0.679. The van der Waals surface area contributed by atoms with Gasteiger partial charge < -0.3 is 5.32 Å². The van der Waals surface area contributed by atoms with Crippen LogP contribution in [-0.4, -0.2) is 6.54 Å². The van der Waals surface area contributed by atoms with E-state index in [1.54, 1.807) is 17.7 Å². The van der Waals surface area contributed by atoms with E-state index in [1.807, 2.05) is 6.07 Å². The summed E-state index contributed by atoms with van der Waals surface area (Å²) in [6.45, 7) is 0.900. The smallest absolute Gasteiger partial charge is 0.0992 e. The van der Waals surface area contributed by atoms with Gasteiger partial charge in [0.1, 0.15) is 0 Å². The summed E-state index contributed by atoms with van der Waals surface area (Å²) < 4.78 is 0. The summed E-state index contributed by atoms with van der Waals surface area (Å²) in [4.78, 5) is 0. The van der Waals surface area contributed by atoms with E-state index < -0.39 is 0 Å². The van der Waals surface area contributed by atoms with Crippen molar-refractivity contribution in [1.29, 1.82) is 5.26 Å². The Morgan fingerprint density at radius 2 is 2.22 bits per heavy atom. The fourth-order valence-corrected chi connectivity index (χ4v) is 2.46. The Kier molecular flexibility index (Phi) is 4.66. The van der Waals surface area contributed by atoms with Crippen molar-refractivity contribution < 1.29 is 0 Å². The van der Waals surface area contributed by atoms with E-state index in [-0.39, 0.29) is 0 Å². The van der Waals surface area contributed by atoms with Crippen molar-refractivity contribution in [2.75, 3.05) is 11.9 Å². The van der Waals surface area contributed by atoms with Gasteiger partial charge in [-0.15, -0.1) is 0 Å². The van der Waals surface area contributed by atoms with Gasteiger partial charge in [-0.2, -0.15) is 5.26 Å². The number of nitriles is 1. The molecule has 0 saturated heterocycles. The maximum atomic E-state index is 8.76. The molecule has 2 nitrogen and oxygen atoms in total. The summed E-state index contributed by atoms with van der Waals surface area (Å²) in [6, 6.07) is 7.44. The fraction of sp³-hybridized carbons (Fsp3) is 0.400. The zero-order chi connectivity index (χ0) is 12.8. The van der Waals surface area contributed by atoms with Gasteiger partial charge in [-0.05, 0) is 50.3 Å². The van der Waals surface area contributed by atoms with Crippen LogP contribution in [0.1, 0.15) is 37.7 Å². The van der Waals surface area contributed by atoms with Crippen molar-refractivity contribution in [2.45, 2.75) is 32.1 Å². The van der Waals surface area contributed by atoms with Gasteiger partial charge in [-0.1, -0.05) is 23.3 Å². The second-order valence-electron chi connectivity index (χ2n) is 4.59. The molecule has 2 rings (SSSR count). The lowest BCUT2D eigenvalue weighted by Crippen LogP contribution is -2.04. The highest BCUT2D eigenvalue weighted by Crippen LogP contribution is 2.24. The molecular formula is C15H17ClN2. The van der Waals surface area contributed by atoms with Gasteiger partial charge in [-0.25, -0.2) is 0 Å². The minimum Gasteiger partial charge on any atom is -0.384 e. The molecule has 0 aliphatic heterocycles. The SMILES string of the molecule is N#Cc1ccc(NCCC2=CCCCC2)c(Cl)c1. The van der Waals surface area contributed by atoms with Crippen molar-refractivity contribution in [3.05, 3.63) is 40.4 Å². The Labute approximate surface area is 113 Å². The van der Waals surface area contributed by atoms with Crippen LogP contribution in [0.5, 0.6) is 0 Å². The molecule has 0 fully saturated rings. The number of nitrogens with zero attached hydrogens (tertiary/aromatic N) is 1. The third-order valence-electron chi connectivity index (χ3n) is 3.24. The number of benzene rings is 1. The number of anilines is 1. The first kappa shape index (κ1) is 13.0. The van der Waals surface area contributed by atoms with Crippen molar-refractivity contribution in [3.8, 4) is 6.07 Å². The van der Waals surface area contributed by atoms with E-state index in [9.17, 15) is 0 Å². The van der Waals surface area contributed by atoms with Crippen LogP contribution in [0.4, 0.5) is 5.69 Å². The second-order valence-corrected chi connectivity index (χ2v) is 5.00. The molecule has 0 saturated carbocycles. The van der Waals surface area contributed by atoms with E-state index in [0.717, 1.165) is 18.7 Å². The highest BCUT2D eigenvalue weighted by molar-refractivity contribution is 6.33. The van der Waals surface area contributed by atoms with Gasteiger partial charge in [0.15, 0.2) is 0 Å². The summed E-state index contributed by atoms with van der Waals surface area (Å²) >= 11 is 6.10. The van der Waals surface area contributed by atoms with Crippen molar-refractivity contribution in [1.82, 2.24) is 0 Å². The standard InChI is InChI=1S/C15H17ClN2/c16-14-10-13(11-17)6-7-15(14)18-9-8-12-4-2-1-3-5-12/h4,6-7,10,18H,1-3,5,8-9H2. The van der Waals surface area contributed by atoms with Crippen LogP contribution in [0.25, 0.3) is 0 Å². The summed E-state index contributed by atoms with van der Waals surface area (Å²) in [5.74, 6) is 0. The number of hydrogen-bond acceptors (Lipinski definition) is 2. The van der Waals surface area contributed by atoms with Crippen molar-refractivity contribution in [3.63, 3.8) is 0 Å². The predicted molar refractivity (Wildman–Crippen MR) is 75.8 cm³/mol. The summed E-state index contributed by atoms with van der Waals surface area (Å²) in [7, 11) is 0. The fourth-order valence-electron chi connectivity index (χ4n) is 2.22. The Balaban J connectivity index is 1.87. The van der Waals surface area contributed by atoms with Crippen LogP contribution < -0.4 is 5.32 Å². The summed E-state index contributed by atoms with van der Waals surface area (Å²) in [5, 5.41) is 12.7. The Morgan fingerprint density at radius 3 is 2.89 bits per heavy atom. The van der Waals surface area contributed by atoms with Gasteiger partial charge >= 0.3 is 0 Å². The number of hydrogen-bond donors (Lipinski definition) is 1. The van der Waals surface area contributed by atoms with E-state index in [1.165, 1.54) is 25.7 Å². The zero-order valence-electron chi connectivity index (χ0n) is 10.4. The van der Waals surface area contributed by atoms with Gasteiger partial charge in [0.25, 0.3) is 0 Å². The molecule has 1 N–H and O–H groups in total. The summed E-state index contributed by atoms with van der Waals surface area (Å²) in [6.07, 6.45) is 8.57. The molecule has 0 spiro atoms. The lowest BCUT2D eigenvalue weighted by atomic mass is 9.97. The van der Waals surface area contributed by atoms with Crippen LogP contribution in [0.2, 0.25) is 5.02 Å². The molecule has 18 heavy (non-hydrogen) atoms. The summed E-state index contributed by atoms with van der Waals surface area (Å²) in [5.41, 5.74) is 3.06. The number of halogens is 1. The molecule has 0 atom stereocenters. The molecule has 1 aromatic rings. The molecule has 1 aromatic carbocycles. The number of nitrogens with one attached hydrogen (secondary N) is 1. The largest absolute Gasteiger partial charge is 0.384 e. The van der Waals surface area contributed by atoms with Crippen LogP contribution in [0.3, 0.4) is 0 Å². The lowest BCUT2D eigenvalue weighted by Gasteiger charge is -2.14. The van der Waals surface area contributed by atoms with Gasteiger partial charge in [0.05, 0.1) is 22.3 Å². The van der Waals surface area contributed by atoms with Crippen LogP contribution >= 0.6 is 11.6 Å². The quantitative estimate of drug-likeness (QED) is 0.809. The highest BCUT2D eigenvalue weighted by atomic mass is 35.5. The van der Waals surface area contributed by atoms with E-state index >= 15 is 0 Å². The molecule has 1 aliphatic rings. The third kappa shape index (κ3) is 3.51. The maximum Gasteiger partial charge on any atom is 0.0992 e. The average Bonchev–Trinajstić information content (AvgIpc) is 2.42. The molecule has 0 radical (unpaired) electrons. The Morgan fingerprint density at radius 1 is 1.33 bits per heavy atom. The molecule has 0 bridgehead atoms. The molecule has 94 valence electrons. The third-order valence-corrected chi connectivity index (χ3v) is 3.56. The molecule has 3 heteroatoms. The minimum absolute atomic E-state index is 0.598. The first-order valence-corrected chi connectivity index (χ1v) is 6.79. The van der Waals surface area contributed by atoms with E-state index in [2.05, 4.69) is 17.5 Å². The molecular weight excluding hydrogens is 244 g/mol. The molecule has 1 aliphatic carbocycles. The monoisotopic (exact) mass is 260 g/mol.